The summed E-state index contributed by atoms with van der Waals surface area (Å²) in [7, 11) is -2.64. The molecule has 0 aliphatic heterocycles. The van der Waals surface area contributed by atoms with Crippen LogP contribution in [0.4, 0.5) is 0 Å². The summed E-state index contributed by atoms with van der Waals surface area (Å²) in [5.41, 5.74) is -0.242. The van der Waals surface area contributed by atoms with Crippen LogP contribution in [0.5, 0.6) is 0 Å². The van der Waals surface area contributed by atoms with E-state index in [0.717, 1.165) is 19.4 Å². The molecular formula is C15H14ClN2O5S. The fourth-order valence-corrected chi connectivity index (χ4v) is 3.33. The smallest absolute Gasteiger partial charge is 0.340 e. The lowest BCUT2D eigenvalue weighted by atomic mass is 10.0. The number of rotatable bonds is 5. The monoisotopic (exact) mass is 369 g/mol. The Hall–Kier alpha value is -2.19. The van der Waals surface area contributed by atoms with Crippen molar-refractivity contribution in [2.45, 2.75) is 18.4 Å². The topological polar surface area (TPSA) is 95.3 Å². The highest BCUT2D eigenvalue weighted by Crippen LogP contribution is 2.30. The Balaban J connectivity index is 2.64. The molecule has 7 nitrogen and oxygen atoms in total. The Bertz CT molecular complexity index is 918. The molecule has 2 rings (SSSR count). The van der Waals surface area contributed by atoms with Crippen molar-refractivity contribution >= 4 is 33.2 Å². The molecule has 127 valence electrons. The van der Waals surface area contributed by atoms with Crippen molar-refractivity contribution in [3.63, 3.8) is 0 Å². The van der Waals surface area contributed by atoms with Gasteiger partial charge in [0.2, 0.25) is 0 Å². The summed E-state index contributed by atoms with van der Waals surface area (Å²) in [6.07, 6.45) is 5.02. The number of halogens is 1. The quantitative estimate of drug-likeness (QED) is 0.588. The molecule has 0 bridgehead atoms. The lowest BCUT2D eigenvalue weighted by Gasteiger charge is -2.11. The second kappa shape index (κ2) is 6.74. The highest BCUT2D eigenvalue weighted by Gasteiger charge is 2.27. The average Bonchev–Trinajstić information content (AvgIpc) is 3.01. The molecule has 1 radical (unpaired) electrons. The summed E-state index contributed by atoms with van der Waals surface area (Å²) < 4.78 is 29.7. The first-order chi connectivity index (χ1) is 11.2. The molecule has 0 aliphatic carbocycles. The van der Waals surface area contributed by atoms with Gasteiger partial charge in [-0.2, -0.15) is 5.10 Å². The third-order valence-electron chi connectivity index (χ3n) is 3.26. The van der Waals surface area contributed by atoms with E-state index in [9.17, 15) is 18.0 Å². The zero-order valence-electron chi connectivity index (χ0n) is 13.2. The summed E-state index contributed by atoms with van der Waals surface area (Å²) in [6, 6.07) is 2.41. The molecule has 0 amide bonds. The minimum absolute atomic E-state index is 0.0311. The molecule has 0 spiro atoms. The summed E-state index contributed by atoms with van der Waals surface area (Å²) in [6.45, 7) is 2.36. The van der Waals surface area contributed by atoms with E-state index >= 15 is 0 Å². The van der Waals surface area contributed by atoms with Gasteiger partial charge in [0, 0.05) is 18.4 Å². The molecular weight excluding hydrogens is 356 g/mol. The number of esters is 1. The first-order valence-corrected chi connectivity index (χ1v) is 9.08. The summed E-state index contributed by atoms with van der Waals surface area (Å²) >= 11 is 6.15. The molecule has 0 unspecified atom stereocenters. The van der Waals surface area contributed by atoms with Crippen molar-refractivity contribution in [2.75, 3.05) is 13.4 Å². The van der Waals surface area contributed by atoms with E-state index in [2.05, 4.69) is 16.0 Å². The Labute approximate surface area is 144 Å². The van der Waals surface area contributed by atoms with Crippen molar-refractivity contribution in [1.82, 2.24) is 9.78 Å². The van der Waals surface area contributed by atoms with Crippen molar-refractivity contribution in [3.8, 4) is 0 Å². The van der Waals surface area contributed by atoms with Gasteiger partial charge in [-0.3, -0.25) is 9.48 Å². The van der Waals surface area contributed by atoms with Crippen LogP contribution in [0, 0.1) is 6.20 Å². The van der Waals surface area contributed by atoms with Gasteiger partial charge in [0.15, 0.2) is 15.6 Å². The fraction of sp³-hybridized carbons (Fsp3) is 0.267. The molecule has 1 aromatic carbocycles. The molecule has 0 aliphatic rings. The SMILES string of the molecule is CCn1[c]c(C(=O)c2ccc(S(C)(=O)=O)c(C(=O)OC)c2Cl)cn1. The molecule has 1 heterocycles. The molecule has 0 N–H and O–H groups in total. The highest BCUT2D eigenvalue weighted by atomic mass is 35.5. The van der Waals surface area contributed by atoms with Crippen molar-refractivity contribution in [3.05, 3.63) is 46.2 Å². The molecule has 24 heavy (non-hydrogen) atoms. The van der Waals surface area contributed by atoms with Gasteiger partial charge >= 0.3 is 5.97 Å². The Kier molecular flexibility index (Phi) is 5.10. The van der Waals surface area contributed by atoms with Crippen LogP contribution in [0.3, 0.4) is 0 Å². The molecule has 1 aromatic heterocycles. The Morgan fingerprint density at radius 3 is 2.54 bits per heavy atom. The van der Waals surface area contributed by atoms with Gasteiger partial charge in [-0.15, -0.1) is 0 Å². The minimum Gasteiger partial charge on any atom is -0.465 e. The molecule has 0 atom stereocenters. The number of aryl methyl sites for hydroxylation is 1. The number of ether oxygens (including phenoxy) is 1. The van der Waals surface area contributed by atoms with Gasteiger partial charge in [-0.1, -0.05) is 11.6 Å². The molecule has 0 fully saturated rings. The van der Waals surface area contributed by atoms with E-state index in [1.54, 1.807) is 0 Å². The van der Waals surface area contributed by atoms with Gasteiger partial charge in [-0.25, -0.2) is 13.2 Å². The maximum Gasteiger partial charge on any atom is 0.340 e. The lowest BCUT2D eigenvalue weighted by Crippen LogP contribution is -2.13. The zero-order valence-corrected chi connectivity index (χ0v) is 14.7. The second-order valence-corrected chi connectivity index (χ2v) is 7.24. The number of hydrogen-bond acceptors (Lipinski definition) is 6. The highest BCUT2D eigenvalue weighted by molar-refractivity contribution is 7.90. The van der Waals surface area contributed by atoms with Gasteiger partial charge in [0.1, 0.15) is 0 Å². The average molecular weight is 370 g/mol. The first kappa shape index (κ1) is 18.2. The Morgan fingerprint density at radius 1 is 1.38 bits per heavy atom. The van der Waals surface area contributed by atoms with Crippen LogP contribution in [0.25, 0.3) is 0 Å². The maximum absolute atomic E-state index is 12.5. The number of nitrogens with zero attached hydrogens (tertiary/aromatic N) is 2. The van der Waals surface area contributed by atoms with Crippen molar-refractivity contribution in [1.29, 1.82) is 0 Å². The van der Waals surface area contributed by atoms with Crippen LogP contribution in [-0.2, 0) is 21.1 Å². The van der Waals surface area contributed by atoms with Crippen LogP contribution in [-0.4, -0.2) is 43.3 Å². The number of carbonyl (C=O) groups is 2. The van der Waals surface area contributed by atoms with Crippen LogP contribution in [0.2, 0.25) is 5.02 Å². The van der Waals surface area contributed by atoms with Crippen LogP contribution < -0.4 is 0 Å². The minimum atomic E-state index is -3.74. The number of benzene rings is 1. The van der Waals surface area contributed by atoms with Crippen LogP contribution >= 0.6 is 11.6 Å². The summed E-state index contributed by atoms with van der Waals surface area (Å²) in [5.74, 6) is -1.46. The number of ketones is 1. The van der Waals surface area contributed by atoms with E-state index in [4.69, 9.17) is 11.6 Å². The summed E-state index contributed by atoms with van der Waals surface area (Å²) in [5, 5.41) is 3.67. The molecule has 0 saturated heterocycles. The van der Waals surface area contributed by atoms with Gasteiger partial charge in [-0.05, 0) is 19.1 Å². The lowest BCUT2D eigenvalue weighted by molar-refractivity contribution is 0.0596. The second-order valence-electron chi connectivity index (χ2n) is 4.88. The van der Waals surface area contributed by atoms with Crippen molar-refractivity contribution < 1.29 is 22.7 Å². The third kappa shape index (κ3) is 3.34. The molecule has 0 saturated carbocycles. The van der Waals surface area contributed by atoms with Crippen molar-refractivity contribution in [2.24, 2.45) is 0 Å². The van der Waals surface area contributed by atoms with E-state index in [1.807, 2.05) is 6.92 Å². The molecule has 2 aromatic rings. The number of methoxy groups -OCH3 is 1. The largest absolute Gasteiger partial charge is 0.465 e. The number of hydrogen-bond donors (Lipinski definition) is 0. The number of carbonyl (C=O) groups excluding carboxylic acids is 2. The van der Waals surface area contributed by atoms with Crippen LogP contribution in [0.15, 0.2) is 23.2 Å². The van der Waals surface area contributed by atoms with Gasteiger partial charge < -0.3 is 4.74 Å². The normalized spacial score (nSPS) is 11.3. The predicted molar refractivity (Wildman–Crippen MR) is 86.1 cm³/mol. The maximum atomic E-state index is 12.5. The van der Waals surface area contributed by atoms with E-state index in [1.165, 1.54) is 16.9 Å². The van der Waals surface area contributed by atoms with E-state index in [-0.39, 0.29) is 26.6 Å². The predicted octanol–water partition coefficient (Wildman–Crippen LogP) is 1.78. The fourth-order valence-electron chi connectivity index (χ4n) is 2.07. The van der Waals surface area contributed by atoms with E-state index < -0.39 is 21.6 Å². The Morgan fingerprint density at radius 2 is 2.04 bits per heavy atom. The standard InChI is InChI=1S/C15H14ClN2O5S/c1-4-18-8-9(7-17-18)14(19)10-5-6-11(24(3,21)22)12(13(10)16)15(20)23-2/h5-7H,4H2,1-3H3. The van der Waals surface area contributed by atoms with Gasteiger partial charge in [0.25, 0.3) is 0 Å². The molecule has 9 heteroatoms. The third-order valence-corrected chi connectivity index (χ3v) is 4.79. The van der Waals surface area contributed by atoms with Crippen LogP contribution in [0.1, 0.15) is 33.2 Å². The number of sulfone groups is 1. The summed E-state index contributed by atoms with van der Waals surface area (Å²) in [4.78, 5) is 24.2. The number of aromatic nitrogens is 2. The first-order valence-electron chi connectivity index (χ1n) is 6.81. The zero-order chi connectivity index (χ0) is 18.1. The van der Waals surface area contributed by atoms with Gasteiger partial charge in [0.05, 0.1) is 40.5 Å². The van der Waals surface area contributed by atoms with E-state index in [0.29, 0.717) is 6.54 Å².